The Hall–Kier alpha value is -1.20. The molecule has 172 valence electrons. The van der Waals surface area contributed by atoms with E-state index in [-0.39, 0.29) is 32.8 Å². The maximum atomic E-state index is 14.1. The standard InChI is InChI=1S/C27H33FO2S2/c1-18-13-19(5-8-23(18)28)21-15-27(31-11-4-12-32-27)17-25(2,3)22(21)7-6-20-14-26(9-10-26)16-24(29)30-20/h5-8,13,20H,4,9-12,14-17H2,1-3H3/b7-6+. The molecule has 0 aromatic heterocycles. The van der Waals surface area contributed by atoms with Crippen LogP contribution >= 0.6 is 23.5 Å². The number of esters is 1. The van der Waals surface area contributed by atoms with Gasteiger partial charge in [0.05, 0.1) is 10.5 Å². The van der Waals surface area contributed by atoms with Gasteiger partial charge in [-0.15, -0.1) is 23.5 Å². The number of hydrogen-bond acceptors (Lipinski definition) is 4. The van der Waals surface area contributed by atoms with Crippen molar-refractivity contribution in [3.05, 3.63) is 52.9 Å². The lowest BCUT2D eigenvalue weighted by Gasteiger charge is -2.48. The molecule has 2 aliphatic heterocycles. The van der Waals surface area contributed by atoms with Crippen molar-refractivity contribution < 1.29 is 13.9 Å². The molecule has 2 nitrogen and oxygen atoms in total. The number of carbonyl (C=O) groups excluding carboxylic acids is 1. The lowest BCUT2D eigenvalue weighted by atomic mass is 9.70. The first-order valence-electron chi connectivity index (χ1n) is 11.9. The van der Waals surface area contributed by atoms with Crippen LogP contribution in [0.1, 0.15) is 69.9 Å². The molecule has 2 spiro atoms. The van der Waals surface area contributed by atoms with Crippen molar-refractivity contribution in [3.63, 3.8) is 0 Å². The maximum absolute atomic E-state index is 14.1. The van der Waals surface area contributed by atoms with Crippen LogP contribution in [0.5, 0.6) is 0 Å². The first kappa shape index (κ1) is 22.6. The van der Waals surface area contributed by atoms with Gasteiger partial charge in [0, 0.05) is 0 Å². The second-order valence-corrected chi connectivity index (χ2v) is 14.0. The number of benzene rings is 1. The molecule has 1 unspecified atom stereocenters. The number of cyclic esters (lactones) is 1. The van der Waals surface area contributed by atoms with Crippen LogP contribution in [0.25, 0.3) is 5.57 Å². The Morgan fingerprint density at radius 2 is 1.91 bits per heavy atom. The number of halogens is 1. The van der Waals surface area contributed by atoms with Crippen molar-refractivity contribution >= 4 is 35.1 Å². The summed E-state index contributed by atoms with van der Waals surface area (Å²) < 4.78 is 20.0. The zero-order chi connectivity index (χ0) is 22.6. The fourth-order valence-corrected chi connectivity index (χ4v) is 9.52. The average Bonchev–Trinajstić information content (AvgIpc) is 3.46. The molecule has 0 amide bonds. The van der Waals surface area contributed by atoms with Crippen LogP contribution in [-0.4, -0.2) is 27.7 Å². The third-order valence-corrected chi connectivity index (χ3v) is 10.9. The number of thioether (sulfide) groups is 2. The second-order valence-electron chi connectivity index (χ2n) is 10.8. The van der Waals surface area contributed by atoms with Gasteiger partial charge in [-0.05, 0) is 108 Å². The van der Waals surface area contributed by atoms with Gasteiger partial charge in [0.1, 0.15) is 11.9 Å². The Kier molecular flexibility index (Phi) is 5.81. The smallest absolute Gasteiger partial charge is 0.306 e. The highest BCUT2D eigenvalue weighted by Gasteiger charge is 2.50. The highest BCUT2D eigenvalue weighted by molar-refractivity contribution is 8.18. The molecule has 32 heavy (non-hydrogen) atoms. The lowest BCUT2D eigenvalue weighted by Crippen LogP contribution is -2.37. The third kappa shape index (κ3) is 4.44. The summed E-state index contributed by atoms with van der Waals surface area (Å²) >= 11 is 4.22. The van der Waals surface area contributed by atoms with E-state index in [1.54, 1.807) is 6.07 Å². The van der Waals surface area contributed by atoms with Gasteiger partial charge < -0.3 is 4.74 Å². The van der Waals surface area contributed by atoms with Crippen LogP contribution in [0.3, 0.4) is 0 Å². The number of hydrogen-bond donors (Lipinski definition) is 0. The van der Waals surface area contributed by atoms with Crippen molar-refractivity contribution in [2.24, 2.45) is 10.8 Å². The molecule has 1 aromatic rings. The molecule has 1 aromatic carbocycles. The molecular formula is C27H33FO2S2. The molecule has 2 saturated heterocycles. The molecular weight excluding hydrogens is 439 g/mol. The third-order valence-electron chi connectivity index (χ3n) is 7.61. The van der Waals surface area contributed by atoms with E-state index in [9.17, 15) is 9.18 Å². The minimum Gasteiger partial charge on any atom is -0.458 e. The van der Waals surface area contributed by atoms with Gasteiger partial charge >= 0.3 is 5.97 Å². The molecule has 0 bridgehead atoms. The number of carbonyl (C=O) groups is 1. The number of ether oxygens (including phenoxy) is 1. The Morgan fingerprint density at radius 3 is 2.59 bits per heavy atom. The SMILES string of the molecule is Cc1cc(C2=C(/C=C/C3CC4(CC4)CC(=O)O3)C(C)(C)CC3(C2)SCCCS3)ccc1F. The summed E-state index contributed by atoms with van der Waals surface area (Å²) in [6.45, 7) is 6.53. The molecule has 5 rings (SSSR count). The van der Waals surface area contributed by atoms with Gasteiger partial charge in [-0.25, -0.2) is 4.39 Å². The first-order valence-corrected chi connectivity index (χ1v) is 13.8. The van der Waals surface area contributed by atoms with Crippen molar-refractivity contribution in [1.29, 1.82) is 0 Å². The van der Waals surface area contributed by atoms with Crippen LogP contribution in [-0.2, 0) is 9.53 Å². The fraction of sp³-hybridized carbons (Fsp3) is 0.593. The molecule has 3 fully saturated rings. The summed E-state index contributed by atoms with van der Waals surface area (Å²) in [5.74, 6) is 2.22. The van der Waals surface area contributed by atoms with E-state index in [4.69, 9.17) is 4.74 Å². The van der Waals surface area contributed by atoms with Crippen molar-refractivity contribution in [2.75, 3.05) is 11.5 Å². The maximum Gasteiger partial charge on any atom is 0.306 e. The van der Waals surface area contributed by atoms with Crippen molar-refractivity contribution in [2.45, 2.75) is 75.9 Å². The van der Waals surface area contributed by atoms with Crippen LogP contribution in [0, 0.1) is 23.6 Å². The fourth-order valence-electron chi connectivity index (χ4n) is 5.77. The summed E-state index contributed by atoms with van der Waals surface area (Å²) in [6, 6.07) is 5.55. The van der Waals surface area contributed by atoms with E-state index in [2.05, 4.69) is 49.5 Å². The average molecular weight is 473 g/mol. The van der Waals surface area contributed by atoms with Gasteiger partial charge in [0.2, 0.25) is 0 Å². The van der Waals surface area contributed by atoms with Crippen LogP contribution < -0.4 is 0 Å². The van der Waals surface area contributed by atoms with Crippen molar-refractivity contribution in [1.82, 2.24) is 0 Å². The van der Waals surface area contributed by atoms with E-state index in [0.717, 1.165) is 37.7 Å². The Bertz CT molecular complexity index is 983. The summed E-state index contributed by atoms with van der Waals surface area (Å²) in [5.41, 5.74) is 4.65. The summed E-state index contributed by atoms with van der Waals surface area (Å²) in [4.78, 5) is 12.2. The van der Waals surface area contributed by atoms with E-state index in [1.807, 2.05) is 19.1 Å². The molecule has 5 heteroatoms. The van der Waals surface area contributed by atoms with Gasteiger partial charge in [-0.1, -0.05) is 26.0 Å². The zero-order valence-corrected chi connectivity index (χ0v) is 21.0. The highest BCUT2D eigenvalue weighted by atomic mass is 32.2. The van der Waals surface area contributed by atoms with Gasteiger partial charge in [-0.2, -0.15) is 0 Å². The number of rotatable bonds is 3. The van der Waals surface area contributed by atoms with Crippen LogP contribution in [0.4, 0.5) is 4.39 Å². The quantitative estimate of drug-likeness (QED) is 0.431. The largest absolute Gasteiger partial charge is 0.458 e. The van der Waals surface area contributed by atoms with Crippen LogP contribution in [0.15, 0.2) is 35.9 Å². The molecule has 0 radical (unpaired) electrons. The molecule has 1 atom stereocenters. The van der Waals surface area contributed by atoms with Gasteiger partial charge in [0.25, 0.3) is 0 Å². The molecule has 0 N–H and O–H groups in total. The monoisotopic (exact) mass is 472 g/mol. The van der Waals surface area contributed by atoms with E-state index in [0.29, 0.717) is 12.0 Å². The van der Waals surface area contributed by atoms with Crippen LogP contribution in [0.2, 0.25) is 0 Å². The predicted octanol–water partition coefficient (Wildman–Crippen LogP) is 7.32. The molecule has 4 aliphatic rings. The lowest BCUT2D eigenvalue weighted by molar-refractivity contribution is -0.154. The zero-order valence-electron chi connectivity index (χ0n) is 19.3. The minimum atomic E-state index is -0.151. The summed E-state index contributed by atoms with van der Waals surface area (Å²) in [7, 11) is 0. The first-order chi connectivity index (χ1) is 15.2. The Balaban J connectivity index is 1.54. The molecule has 2 heterocycles. The summed E-state index contributed by atoms with van der Waals surface area (Å²) in [5, 5.41) is 0. The summed E-state index contributed by atoms with van der Waals surface area (Å²) in [6.07, 6.45) is 11.4. The minimum absolute atomic E-state index is 0.0142. The second kappa shape index (κ2) is 8.23. The number of aryl methyl sites for hydroxylation is 1. The van der Waals surface area contributed by atoms with Crippen molar-refractivity contribution in [3.8, 4) is 0 Å². The van der Waals surface area contributed by atoms with Gasteiger partial charge in [-0.3, -0.25) is 4.79 Å². The van der Waals surface area contributed by atoms with E-state index < -0.39 is 0 Å². The van der Waals surface area contributed by atoms with E-state index >= 15 is 0 Å². The predicted molar refractivity (Wildman–Crippen MR) is 133 cm³/mol. The normalized spacial score (nSPS) is 28.4. The van der Waals surface area contributed by atoms with Gasteiger partial charge in [0.15, 0.2) is 0 Å². The number of allylic oxidation sites excluding steroid dienone is 3. The Labute approximate surface area is 199 Å². The molecule has 2 aliphatic carbocycles. The highest BCUT2D eigenvalue weighted by Crippen LogP contribution is 2.60. The molecule has 1 saturated carbocycles. The van der Waals surface area contributed by atoms with E-state index in [1.165, 1.54) is 29.1 Å². The topological polar surface area (TPSA) is 26.3 Å². The Morgan fingerprint density at radius 1 is 1.16 bits per heavy atom.